The highest BCUT2D eigenvalue weighted by Gasteiger charge is 2.30. The summed E-state index contributed by atoms with van der Waals surface area (Å²) in [5.41, 5.74) is 1.44. The Morgan fingerprint density at radius 2 is 2.15 bits per heavy atom. The predicted octanol–water partition coefficient (Wildman–Crippen LogP) is 2.45. The summed E-state index contributed by atoms with van der Waals surface area (Å²) in [5.74, 6) is 0.719. The van der Waals surface area contributed by atoms with Crippen molar-refractivity contribution in [1.82, 2.24) is 10.2 Å². The Morgan fingerprint density at radius 3 is 2.85 bits per heavy atom. The van der Waals surface area contributed by atoms with Crippen molar-refractivity contribution in [2.24, 2.45) is 5.92 Å². The highest BCUT2D eigenvalue weighted by molar-refractivity contribution is 5.20. The van der Waals surface area contributed by atoms with Crippen molar-refractivity contribution in [2.75, 3.05) is 32.8 Å². The summed E-state index contributed by atoms with van der Waals surface area (Å²) in [6.07, 6.45) is 2.43. The fourth-order valence-electron chi connectivity index (χ4n) is 3.42. The van der Waals surface area contributed by atoms with Gasteiger partial charge in [0.25, 0.3) is 0 Å². The molecule has 2 aliphatic rings. The van der Waals surface area contributed by atoms with Crippen molar-refractivity contribution in [2.45, 2.75) is 31.8 Å². The van der Waals surface area contributed by atoms with E-state index in [-0.39, 0.29) is 0 Å². The van der Waals surface area contributed by atoms with Crippen LogP contribution in [-0.2, 0) is 4.74 Å². The molecule has 2 aliphatic heterocycles. The van der Waals surface area contributed by atoms with Gasteiger partial charge in [0.1, 0.15) is 0 Å². The fourth-order valence-corrected chi connectivity index (χ4v) is 3.42. The second-order valence-corrected chi connectivity index (χ2v) is 6.12. The first kappa shape index (κ1) is 14.1. The first-order valence-corrected chi connectivity index (χ1v) is 7.97. The van der Waals surface area contributed by atoms with Gasteiger partial charge < -0.3 is 10.1 Å². The van der Waals surface area contributed by atoms with Crippen LogP contribution < -0.4 is 5.32 Å². The first-order chi connectivity index (χ1) is 9.86. The van der Waals surface area contributed by atoms with Gasteiger partial charge in [-0.15, -0.1) is 0 Å². The van der Waals surface area contributed by atoms with Gasteiger partial charge in [0.2, 0.25) is 0 Å². The van der Waals surface area contributed by atoms with E-state index < -0.39 is 0 Å². The monoisotopic (exact) mass is 274 g/mol. The van der Waals surface area contributed by atoms with E-state index in [2.05, 4.69) is 47.5 Å². The Hall–Kier alpha value is -0.900. The zero-order valence-electron chi connectivity index (χ0n) is 12.4. The second-order valence-electron chi connectivity index (χ2n) is 6.12. The van der Waals surface area contributed by atoms with E-state index in [4.69, 9.17) is 4.74 Å². The second kappa shape index (κ2) is 6.70. The van der Waals surface area contributed by atoms with E-state index in [1.165, 1.54) is 24.9 Å². The van der Waals surface area contributed by atoms with Crippen molar-refractivity contribution in [3.63, 3.8) is 0 Å². The molecule has 0 bridgehead atoms. The molecule has 2 fully saturated rings. The molecule has 1 aromatic carbocycles. The van der Waals surface area contributed by atoms with E-state index >= 15 is 0 Å². The van der Waals surface area contributed by atoms with Gasteiger partial charge in [0.15, 0.2) is 0 Å². The molecule has 2 heterocycles. The van der Waals surface area contributed by atoms with Gasteiger partial charge >= 0.3 is 0 Å². The number of hydrogen-bond acceptors (Lipinski definition) is 3. The molecule has 0 spiro atoms. The number of nitrogens with one attached hydrogen (secondary N) is 1. The van der Waals surface area contributed by atoms with Crippen LogP contribution in [0.4, 0.5) is 0 Å². The van der Waals surface area contributed by atoms with Gasteiger partial charge in [-0.2, -0.15) is 0 Å². The Balaban J connectivity index is 1.72. The Morgan fingerprint density at radius 1 is 1.30 bits per heavy atom. The Kier molecular flexibility index (Phi) is 4.71. The molecule has 110 valence electrons. The quantitative estimate of drug-likeness (QED) is 0.913. The molecule has 0 radical (unpaired) electrons. The number of benzene rings is 1. The molecule has 0 aromatic heterocycles. The lowest BCUT2D eigenvalue weighted by molar-refractivity contribution is 0.100. The zero-order chi connectivity index (χ0) is 13.8. The molecule has 20 heavy (non-hydrogen) atoms. The molecule has 3 heteroatoms. The van der Waals surface area contributed by atoms with Crippen LogP contribution >= 0.6 is 0 Å². The van der Waals surface area contributed by atoms with Crippen LogP contribution in [0.5, 0.6) is 0 Å². The third kappa shape index (κ3) is 3.22. The standard InChI is InChI=1S/C17H26N2O/c1-2-16-12-19(11-14-8-9-20-13-14)17(10-18-16)15-6-4-3-5-7-15/h3-7,14,16-18H,2,8-13H2,1H3. The molecule has 0 amide bonds. The van der Waals surface area contributed by atoms with Crippen LogP contribution in [0.1, 0.15) is 31.4 Å². The summed E-state index contributed by atoms with van der Waals surface area (Å²) in [5, 5.41) is 3.70. The van der Waals surface area contributed by atoms with Gasteiger partial charge in [-0.25, -0.2) is 0 Å². The summed E-state index contributed by atoms with van der Waals surface area (Å²) in [6.45, 7) is 7.57. The first-order valence-electron chi connectivity index (χ1n) is 7.97. The van der Waals surface area contributed by atoms with Crippen molar-refractivity contribution in [3.05, 3.63) is 35.9 Å². The Labute approximate surface area is 122 Å². The summed E-state index contributed by atoms with van der Waals surface area (Å²) < 4.78 is 5.55. The lowest BCUT2D eigenvalue weighted by Crippen LogP contribution is -2.53. The normalized spacial score (nSPS) is 31.6. The highest BCUT2D eigenvalue weighted by atomic mass is 16.5. The molecule has 3 nitrogen and oxygen atoms in total. The zero-order valence-corrected chi connectivity index (χ0v) is 12.4. The number of ether oxygens (including phenoxy) is 1. The van der Waals surface area contributed by atoms with E-state index in [0.29, 0.717) is 12.1 Å². The Bertz CT molecular complexity index is 403. The van der Waals surface area contributed by atoms with Crippen LogP contribution in [0.3, 0.4) is 0 Å². The average Bonchev–Trinajstić information content (AvgIpc) is 3.01. The SMILES string of the molecule is CCC1CN(CC2CCOC2)C(c2ccccc2)CN1. The molecule has 3 unspecified atom stereocenters. The predicted molar refractivity (Wildman–Crippen MR) is 81.8 cm³/mol. The van der Waals surface area contributed by atoms with Crippen molar-refractivity contribution in [1.29, 1.82) is 0 Å². The summed E-state index contributed by atoms with van der Waals surface area (Å²) in [4.78, 5) is 2.68. The molecule has 1 N–H and O–H groups in total. The third-order valence-electron chi connectivity index (χ3n) is 4.69. The van der Waals surface area contributed by atoms with Gasteiger partial charge in [-0.05, 0) is 24.3 Å². The number of nitrogens with zero attached hydrogens (tertiary/aromatic N) is 1. The minimum Gasteiger partial charge on any atom is -0.381 e. The molecular formula is C17H26N2O. The lowest BCUT2D eigenvalue weighted by Gasteiger charge is -2.41. The molecule has 0 aliphatic carbocycles. The largest absolute Gasteiger partial charge is 0.381 e. The summed E-state index contributed by atoms with van der Waals surface area (Å²) in [7, 11) is 0. The van der Waals surface area contributed by atoms with Gasteiger partial charge in [-0.1, -0.05) is 37.3 Å². The van der Waals surface area contributed by atoms with Crippen LogP contribution in [0.15, 0.2) is 30.3 Å². The average molecular weight is 274 g/mol. The van der Waals surface area contributed by atoms with E-state index in [0.717, 1.165) is 32.2 Å². The maximum absolute atomic E-state index is 5.55. The van der Waals surface area contributed by atoms with Crippen molar-refractivity contribution in [3.8, 4) is 0 Å². The highest BCUT2D eigenvalue weighted by Crippen LogP contribution is 2.26. The molecule has 2 saturated heterocycles. The molecular weight excluding hydrogens is 248 g/mol. The maximum Gasteiger partial charge on any atom is 0.0507 e. The van der Waals surface area contributed by atoms with Gasteiger partial charge in [0.05, 0.1) is 6.61 Å². The maximum atomic E-state index is 5.55. The van der Waals surface area contributed by atoms with Crippen LogP contribution in [0.25, 0.3) is 0 Å². The molecule has 3 atom stereocenters. The number of rotatable bonds is 4. The summed E-state index contributed by atoms with van der Waals surface area (Å²) >= 11 is 0. The smallest absolute Gasteiger partial charge is 0.0507 e. The van der Waals surface area contributed by atoms with E-state index in [1.807, 2.05) is 0 Å². The van der Waals surface area contributed by atoms with Crippen LogP contribution in [-0.4, -0.2) is 43.8 Å². The third-order valence-corrected chi connectivity index (χ3v) is 4.69. The minimum absolute atomic E-state index is 0.514. The fraction of sp³-hybridized carbons (Fsp3) is 0.647. The molecule has 3 rings (SSSR count). The van der Waals surface area contributed by atoms with E-state index in [9.17, 15) is 0 Å². The van der Waals surface area contributed by atoms with Crippen molar-refractivity contribution < 1.29 is 4.74 Å². The van der Waals surface area contributed by atoms with Crippen molar-refractivity contribution >= 4 is 0 Å². The molecule has 1 aromatic rings. The minimum atomic E-state index is 0.514. The molecule has 0 saturated carbocycles. The number of piperazine rings is 1. The number of hydrogen-bond donors (Lipinski definition) is 1. The lowest BCUT2D eigenvalue weighted by atomic mass is 9.98. The topological polar surface area (TPSA) is 24.5 Å². The van der Waals surface area contributed by atoms with Gasteiger partial charge in [-0.3, -0.25) is 4.90 Å². The summed E-state index contributed by atoms with van der Waals surface area (Å²) in [6, 6.07) is 12.1. The van der Waals surface area contributed by atoms with Gasteiger partial charge in [0, 0.05) is 38.3 Å². The van der Waals surface area contributed by atoms with Crippen LogP contribution in [0, 0.1) is 5.92 Å². The van der Waals surface area contributed by atoms with E-state index in [1.54, 1.807) is 0 Å². The van der Waals surface area contributed by atoms with Crippen LogP contribution in [0.2, 0.25) is 0 Å².